The molecule has 4 aromatic rings. The molecule has 0 saturated heterocycles. The van der Waals surface area contributed by atoms with Crippen molar-refractivity contribution in [1.82, 2.24) is 4.90 Å². The fourth-order valence-corrected chi connectivity index (χ4v) is 4.69. The minimum atomic E-state index is 0.0419. The van der Waals surface area contributed by atoms with Crippen LogP contribution in [0, 0.1) is 0 Å². The quantitative estimate of drug-likeness (QED) is 0.244. The number of furan rings is 1. The third kappa shape index (κ3) is 5.12. The van der Waals surface area contributed by atoms with E-state index in [0.29, 0.717) is 0 Å². The van der Waals surface area contributed by atoms with Crippen LogP contribution in [0.4, 0.5) is 0 Å². The molecule has 0 aliphatic carbocycles. The van der Waals surface area contributed by atoms with Crippen molar-refractivity contribution in [1.29, 1.82) is 0 Å². The molecule has 1 aliphatic rings. The summed E-state index contributed by atoms with van der Waals surface area (Å²) in [6.07, 6.45) is 12.8. The molecule has 1 aliphatic heterocycles. The largest absolute Gasteiger partial charge is 0.456 e. The Kier molecular flexibility index (Phi) is 6.78. The van der Waals surface area contributed by atoms with Crippen LogP contribution < -0.4 is 0 Å². The molecule has 0 radical (unpaired) electrons. The van der Waals surface area contributed by atoms with E-state index in [1.807, 2.05) is 25.1 Å². The fraction of sp³-hybridized carbons (Fsp3) is 0.147. The molecule has 0 bridgehead atoms. The van der Waals surface area contributed by atoms with Crippen LogP contribution in [-0.2, 0) is 0 Å². The summed E-state index contributed by atoms with van der Waals surface area (Å²) < 4.78 is 6.36. The van der Waals surface area contributed by atoms with Crippen LogP contribution in [0.5, 0.6) is 0 Å². The molecule has 3 heteroatoms. The summed E-state index contributed by atoms with van der Waals surface area (Å²) in [5.74, 6) is 0.209. The highest BCUT2D eigenvalue weighted by molar-refractivity contribution is 6.06. The Hall–Kier alpha value is -4.37. The van der Waals surface area contributed by atoms with Gasteiger partial charge in [-0.15, -0.1) is 0 Å². The number of hydrogen-bond acceptors (Lipinski definition) is 3. The molecule has 0 amide bonds. The second kappa shape index (κ2) is 10.3. The van der Waals surface area contributed by atoms with E-state index in [9.17, 15) is 0 Å². The van der Waals surface area contributed by atoms with E-state index >= 15 is 0 Å². The third-order valence-electron chi connectivity index (χ3n) is 6.74. The van der Waals surface area contributed by atoms with Crippen molar-refractivity contribution in [2.45, 2.75) is 32.7 Å². The van der Waals surface area contributed by atoms with E-state index in [1.165, 1.54) is 11.1 Å². The SMILES string of the molecule is C=C(C)/C=N\C(=C)c1cccc(C(C)/C=C/N2C=CC(C)=CC2c2cccc3c2oc2ccccc23)c1. The Labute approximate surface area is 219 Å². The maximum absolute atomic E-state index is 6.36. The summed E-state index contributed by atoms with van der Waals surface area (Å²) >= 11 is 0. The van der Waals surface area contributed by atoms with Crippen LogP contribution in [-0.4, -0.2) is 11.1 Å². The Morgan fingerprint density at radius 1 is 1.03 bits per heavy atom. The van der Waals surface area contributed by atoms with E-state index < -0.39 is 0 Å². The number of fused-ring (bicyclic) bond motifs is 3. The van der Waals surface area contributed by atoms with Crippen molar-refractivity contribution in [2.24, 2.45) is 4.99 Å². The molecule has 0 saturated carbocycles. The molecule has 2 atom stereocenters. The van der Waals surface area contributed by atoms with Gasteiger partial charge in [0.25, 0.3) is 0 Å². The Morgan fingerprint density at radius 3 is 2.65 bits per heavy atom. The second-order valence-electron chi connectivity index (χ2n) is 9.75. The zero-order chi connectivity index (χ0) is 25.9. The topological polar surface area (TPSA) is 28.7 Å². The number of nitrogens with zero attached hydrogens (tertiary/aromatic N) is 2. The lowest BCUT2D eigenvalue weighted by Gasteiger charge is -2.29. The highest BCUT2D eigenvalue weighted by Gasteiger charge is 2.22. The van der Waals surface area contributed by atoms with Gasteiger partial charge >= 0.3 is 0 Å². The molecule has 3 aromatic carbocycles. The summed E-state index contributed by atoms with van der Waals surface area (Å²) in [5, 5.41) is 2.30. The first-order valence-corrected chi connectivity index (χ1v) is 12.6. The van der Waals surface area contributed by atoms with Crippen molar-refractivity contribution < 1.29 is 4.42 Å². The maximum Gasteiger partial charge on any atom is 0.141 e. The minimum Gasteiger partial charge on any atom is -0.456 e. The van der Waals surface area contributed by atoms with Crippen LogP contribution in [0.25, 0.3) is 27.6 Å². The Bertz CT molecular complexity index is 1610. The smallest absolute Gasteiger partial charge is 0.141 e. The number of rotatable bonds is 7. The Morgan fingerprint density at radius 2 is 1.81 bits per heavy atom. The van der Waals surface area contributed by atoms with Crippen molar-refractivity contribution in [3.63, 3.8) is 0 Å². The molecule has 37 heavy (non-hydrogen) atoms. The number of aliphatic imine (C=N–C) groups is 1. The first kappa shape index (κ1) is 24.3. The van der Waals surface area contributed by atoms with Crippen molar-refractivity contribution in [3.8, 4) is 0 Å². The van der Waals surface area contributed by atoms with Crippen LogP contribution >= 0.6 is 0 Å². The third-order valence-corrected chi connectivity index (χ3v) is 6.74. The van der Waals surface area contributed by atoms with Crippen LogP contribution in [0.2, 0.25) is 0 Å². The van der Waals surface area contributed by atoms with Gasteiger partial charge in [0.15, 0.2) is 0 Å². The standard InChI is InChI=1S/C34H32N2O/c1-23(2)22-35-26(5)28-11-8-10-27(21-28)25(4)17-19-36-18-16-24(3)20-32(36)31-14-9-13-30-29-12-6-7-15-33(29)37-34(30)31/h6-22,25,32H,1,5H2,2-4H3/b19-17+,35-22-. The first-order chi connectivity index (χ1) is 17.9. The van der Waals surface area contributed by atoms with Gasteiger partial charge in [-0.1, -0.05) is 92.4 Å². The van der Waals surface area contributed by atoms with Gasteiger partial charge in [0.2, 0.25) is 0 Å². The molecule has 0 fully saturated rings. The zero-order valence-corrected chi connectivity index (χ0v) is 21.7. The molecule has 2 heterocycles. The van der Waals surface area contributed by atoms with Gasteiger partial charge in [-0.25, -0.2) is 0 Å². The summed E-state index contributed by atoms with van der Waals surface area (Å²) in [6, 6.07) is 23.1. The average molecular weight is 485 g/mol. The molecular formula is C34H32N2O. The second-order valence-corrected chi connectivity index (χ2v) is 9.75. The predicted octanol–water partition coefficient (Wildman–Crippen LogP) is 9.34. The summed E-state index contributed by atoms with van der Waals surface area (Å²) in [4.78, 5) is 6.69. The monoisotopic (exact) mass is 484 g/mol. The van der Waals surface area contributed by atoms with Gasteiger partial charge in [-0.05, 0) is 48.8 Å². The molecule has 0 N–H and O–H groups in total. The van der Waals surface area contributed by atoms with Gasteiger partial charge in [-0.3, -0.25) is 4.99 Å². The lowest BCUT2D eigenvalue weighted by Crippen LogP contribution is -2.19. The van der Waals surface area contributed by atoms with Crippen molar-refractivity contribution >= 4 is 33.9 Å². The highest BCUT2D eigenvalue weighted by Crippen LogP contribution is 2.37. The van der Waals surface area contributed by atoms with E-state index in [-0.39, 0.29) is 12.0 Å². The van der Waals surface area contributed by atoms with E-state index in [0.717, 1.165) is 44.3 Å². The molecule has 184 valence electrons. The van der Waals surface area contributed by atoms with E-state index in [2.05, 4.69) is 116 Å². The molecular weight excluding hydrogens is 452 g/mol. The molecule has 5 rings (SSSR count). The minimum absolute atomic E-state index is 0.0419. The average Bonchev–Trinajstić information content (AvgIpc) is 3.30. The summed E-state index contributed by atoms with van der Waals surface area (Å²) in [5.41, 5.74) is 8.12. The van der Waals surface area contributed by atoms with Crippen molar-refractivity contribution in [3.05, 3.63) is 138 Å². The summed E-state index contributed by atoms with van der Waals surface area (Å²) in [6.45, 7) is 14.3. The van der Waals surface area contributed by atoms with Gasteiger partial charge in [0.1, 0.15) is 11.2 Å². The van der Waals surface area contributed by atoms with Gasteiger partial charge in [-0.2, -0.15) is 0 Å². The maximum atomic E-state index is 6.36. The van der Waals surface area contributed by atoms with Gasteiger partial charge < -0.3 is 9.32 Å². The summed E-state index contributed by atoms with van der Waals surface area (Å²) in [7, 11) is 0. The number of hydrogen-bond donors (Lipinski definition) is 0. The molecule has 0 spiro atoms. The fourth-order valence-electron chi connectivity index (χ4n) is 4.69. The Balaban J connectivity index is 1.44. The highest BCUT2D eigenvalue weighted by atomic mass is 16.3. The van der Waals surface area contributed by atoms with Crippen LogP contribution in [0.3, 0.4) is 0 Å². The van der Waals surface area contributed by atoms with Crippen LogP contribution in [0.15, 0.2) is 131 Å². The zero-order valence-electron chi connectivity index (χ0n) is 21.7. The van der Waals surface area contributed by atoms with E-state index in [4.69, 9.17) is 4.42 Å². The lowest BCUT2D eigenvalue weighted by molar-refractivity contribution is 0.427. The molecule has 2 unspecified atom stereocenters. The predicted molar refractivity (Wildman–Crippen MR) is 158 cm³/mol. The van der Waals surface area contributed by atoms with Crippen LogP contribution in [0.1, 0.15) is 49.4 Å². The number of para-hydroxylation sites is 2. The molecule has 1 aromatic heterocycles. The lowest BCUT2D eigenvalue weighted by atomic mass is 9.96. The first-order valence-electron chi connectivity index (χ1n) is 12.6. The van der Waals surface area contributed by atoms with Crippen molar-refractivity contribution in [2.75, 3.05) is 0 Å². The molecule has 3 nitrogen and oxygen atoms in total. The van der Waals surface area contributed by atoms with Gasteiger partial charge in [0.05, 0.1) is 11.7 Å². The normalized spacial score (nSPS) is 16.7. The van der Waals surface area contributed by atoms with Gasteiger partial charge in [0, 0.05) is 40.9 Å². The number of benzene rings is 3. The van der Waals surface area contributed by atoms with E-state index in [1.54, 1.807) is 6.21 Å². The number of allylic oxidation sites excluding steroid dienone is 4.